The fraction of sp³-hybridized carbons (Fsp3) is 0.455. The number of anilines is 1. The average molecular weight is 326 g/mol. The molecule has 0 radical (unpaired) electrons. The number of benzene rings is 1. The summed E-state index contributed by atoms with van der Waals surface area (Å²) in [5, 5.41) is 19.2. The summed E-state index contributed by atoms with van der Waals surface area (Å²) >= 11 is 3.33. The third-order valence-corrected chi connectivity index (χ3v) is 3.45. The molecule has 0 saturated carbocycles. The standard InChI is InChI=1S/C11H17BrN2O2.ClH/c1-11(2,5-15)10(14)8-6(12)3-4-7(13)9(8)16;/h3-4,10,15-16H,5,13-14H2,1-2H3;1H/t10-;/m1./s1. The van der Waals surface area contributed by atoms with E-state index in [0.29, 0.717) is 10.0 Å². The smallest absolute Gasteiger partial charge is 0.144 e. The van der Waals surface area contributed by atoms with Crippen LogP contribution in [-0.4, -0.2) is 16.8 Å². The van der Waals surface area contributed by atoms with E-state index in [1.807, 2.05) is 13.8 Å². The first-order chi connectivity index (χ1) is 7.31. The fourth-order valence-electron chi connectivity index (χ4n) is 1.39. The third kappa shape index (κ3) is 3.25. The SMILES string of the molecule is CC(C)(CO)[C@H](N)c1c(Br)ccc(N)c1O.Cl. The number of hydrogen-bond acceptors (Lipinski definition) is 4. The minimum Gasteiger partial charge on any atom is -0.505 e. The molecule has 0 saturated heterocycles. The van der Waals surface area contributed by atoms with Gasteiger partial charge in [0.25, 0.3) is 0 Å². The molecular weight excluding hydrogens is 307 g/mol. The maximum atomic E-state index is 9.89. The molecule has 1 atom stereocenters. The highest BCUT2D eigenvalue weighted by Gasteiger charge is 2.31. The average Bonchev–Trinajstić information content (AvgIpc) is 2.24. The van der Waals surface area contributed by atoms with Crippen LogP contribution in [-0.2, 0) is 0 Å². The number of halogens is 2. The number of rotatable bonds is 3. The van der Waals surface area contributed by atoms with E-state index in [1.165, 1.54) is 0 Å². The molecule has 0 spiro atoms. The molecular formula is C11H18BrClN2O2. The van der Waals surface area contributed by atoms with Gasteiger partial charge in [-0.25, -0.2) is 0 Å². The Bertz CT molecular complexity index is 399. The summed E-state index contributed by atoms with van der Waals surface area (Å²) in [5.41, 5.74) is 11.9. The first-order valence-electron chi connectivity index (χ1n) is 4.94. The number of aromatic hydroxyl groups is 1. The van der Waals surface area contributed by atoms with Gasteiger partial charge in [-0.15, -0.1) is 12.4 Å². The number of nitrogens with two attached hydrogens (primary N) is 2. The first kappa shape index (κ1) is 16.5. The molecule has 17 heavy (non-hydrogen) atoms. The van der Waals surface area contributed by atoms with E-state index in [1.54, 1.807) is 12.1 Å². The Labute approximate surface area is 116 Å². The summed E-state index contributed by atoms with van der Waals surface area (Å²) in [6.07, 6.45) is 0. The zero-order valence-electron chi connectivity index (χ0n) is 9.77. The van der Waals surface area contributed by atoms with Crippen LogP contribution in [0.2, 0.25) is 0 Å². The second kappa shape index (κ2) is 5.91. The summed E-state index contributed by atoms with van der Waals surface area (Å²) in [4.78, 5) is 0. The zero-order chi connectivity index (χ0) is 12.5. The van der Waals surface area contributed by atoms with E-state index in [0.717, 1.165) is 0 Å². The van der Waals surface area contributed by atoms with Crippen LogP contribution in [0.1, 0.15) is 25.5 Å². The van der Waals surface area contributed by atoms with E-state index in [-0.39, 0.29) is 30.5 Å². The van der Waals surface area contributed by atoms with Crippen molar-refractivity contribution in [2.75, 3.05) is 12.3 Å². The van der Waals surface area contributed by atoms with Crippen LogP contribution in [0, 0.1) is 5.41 Å². The number of aliphatic hydroxyl groups excluding tert-OH is 1. The molecule has 1 aromatic rings. The highest BCUT2D eigenvalue weighted by Crippen LogP contribution is 2.41. The Kier molecular flexibility index (Phi) is 5.74. The molecule has 0 heterocycles. The molecule has 0 unspecified atom stereocenters. The molecule has 0 fully saturated rings. The minimum absolute atomic E-state index is 0. The van der Waals surface area contributed by atoms with Gasteiger partial charge in [-0.3, -0.25) is 0 Å². The number of nitrogen functional groups attached to an aromatic ring is 1. The van der Waals surface area contributed by atoms with E-state index in [2.05, 4.69) is 15.9 Å². The van der Waals surface area contributed by atoms with E-state index >= 15 is 0 Å². The lowest BCUT2D eigenvalue weighted by Crippen LogP contribution is -2.32. The maximum Gasteiger partial charge on any atom is 0.144 e. The lowest BCUT2D eigenvalue weighted by atomic mass is 9.81. The maximum absolute atomic E-state index is 9.89. The molecule has 0 bridgehead atoms. The van der Waals surface area contributed by atoms with Crippen molar-refractivity contribution in [3.05, 3.63) is 22.2 Å². The van der Waals surface area contributed by atoms with Gasteiger partial charge in [0.05, 0.1) is 5.69 Å². The first-order valence-corrected chi connectivity index (χ1v) is 5.74. The van der Waals surface area contributed by atoms with Gasteiger partial charge < -0.3 is 21.7 Å². The predicted molar refractivity (Wildman–Crippen MR) is 75.3 cm³/mol. The van der Waals surface area contributed by atoms with Crippen molar-refractivity contribution < 1.29 is 10.2 Å². The topological polar surface area (TPSA) is 92.5 Å². The van der Waals surface area contributed by atoms with E-state index < -0.39 is 11.5 Å². The van der Waals surface area contributed by atoms with Gasteiger partial charge in [0.15, 0.2) is 0 Å². The third-order valence-electron chi connectivity index (χ3n) is 2.76. The highest BCUT2D eigenvalue weighted by molar-refractivity contribution is 9.10. The Morgan fingerprint density at radius 3 is 2.41 bits per heavy atom. The quantitative estimate of drug-likeness (QED) is 0.506. The van der Waals surface area contributed by atoms with Crippen LogP contribution >= 0.6 is 28.3 Å². The van der Waals surface area contributed by atoms with Crippen LogP contribution < -0.4 is 11.5 Å². The molecule has 0 aliphatic rings. The number of aliphatic hydroxyl groups is 1. The molecule has 0 aliphatic heterocycles. The molecule has 0 aliphatic carbocycles. The van der Waals surface area contributed by atoms with Gasteiger partial charge >= 0.3 is 0 Å². The van der Waals surface area contributed by atoms with Gasteiger partial charge in [0.2, 0.25) is 0 Å². The summed E-state index contributed by atoms with van der Waals surface area (Å²) in [7, 11) is 0. The second-order valence-corrected chi connectivity index (χ2v) is 5.38. The van der Waals surface area contributed by atoms with Crippen molar-refractivity contribution in [3.63, 3.8) is 0 Å². The highest BCUT2D eigenvalue weighted by atomic mass is 79.9. The van der Waals surface area contributed by atoms with Crippen LogP contribution in [0.5, 0.6) is 5.75 Å². The molecule has 6 N–H and O–H groups in total. The number of phenols is 1. The Morgan fingerprint density at radius 1 is 1.41 bits per heavy atom. The Balaban J connectivity index is 0.00000256. The van der Waals surface area contributed by atoms with Crippen molar-refractivity contribution in [1.29, 1.82) is 0 Å². The van der Waals surface area contributed by atoms with Gasteiger partial charge in [-0.2, -0.15) is 0 Å². The molecule has 98 valence electrons. The van der Waals surface area contributed by atoms with E-state index in [4.69, 9.17) is 11.5 Å². The minimum atomic E-state index is -0.534. The van der Waals surface area contributed by atoms with Crippen molar-refractivity contribution >= 4 is 34.0 Å². The molecule has 0 amide bonds. The zero-order valence-corrected chi connectivity index (χ0v) is 12.2. The lowest BCUT2D eigenvalue weighted by Gasteiger charge is -2.31. The monoisotopic (exact) mass is 324 g/mol. The van der Waals surface area contributed by atoms with Crippen molar-refractivity contribution in [2.24, 2.45) is 11.1 Å². The van der Waals surface area contributed by atoms with Gasteiger partial charge in [0.1, 0.15) is 5.75 Å². The molecule has 4 nitrogen and oxygen atoms in total. The molecule has 1 rings (SSSR count). The lowest BCUT2D eigenvalue weighted by molar-refractivity contribution is 0.131. The Morgan fingerprint density at radius 2 is 1.94 bits per heavy atom. The van der Waals surface area contributed by atoms with Crippen molar-refractivity contribution in [1.82, 2.24) is 0 Å². The summed E-state index contributed by atoms with van der Waals surface area (Å²) in [6, 6.07) is 2.83. The van der Waals surface area contributed by atoms with Crippen LogP contribution in [0.25, 0.3) is 0 Å². The van der Waals surface area contributed by atoms with E-state index in [9.17, 15) is 10.2 Å². The number of hydrogen-bond donors (Lipinski definition) is 4. The van der Waals surface area contributed by atoms with Gasteiger partial charge in [-0.1, -0.05) is 29.8 Å². The van der Waals surface area contributed by atoms with Crippen molar-refractivity contribution in [3.8, 4) is 5.75 Å². The molecule has 6 heteroatoms. The largest absolute Gasteiger partial charge is 0.505 e. The molecule has 1 aromatic carbocycles. The summed E-state index contributed by atoms with van der Waals surface area (Å²) in [6.45, 7) is 3.58. The van der Waals surface area contributed by atoms with Gasteiger partial charge in [-0.05, 0) is 12.1 Å². The summed E-state index contributed by atoms with van der Waals surface area (Å²) in [5.74, 6) is -0.0246. The fourth-order valence-corrected chi connectivity index (χ4v) is 1.95. The summed E-state index contributed by atoms with van der Waals surface area (Å²) < 4.78 is 0.688. The molecule has 0 aromatic heterocycles. The normalized spacial score (nSPS) is 13.0. The van der Waals surface area contributed by atoms with Crippen LogP contribution in [0.15, 0.2) is 16.6 Å². The van der Waals surface area contributed by atoms with Crippen molar-refractivity contribution in [2.45, 2.75) is 19.9 Å². The van der Waals surface area contributed by atoms with Crippen LogP contribution in [0.3, 0.4) is 0 Å². The predicted octanol–water partition coefficient (Wildman–Crippen LogP) is 2.18. The second-order valence-electron chi connectivity index (χ2n) is 4.52. The van der Waals surface area contributed by atoms with Crippen LogP contribution in [0.4, 0.5) is 5.69 Å². The van der Waals surface area contributed by atoms with Gasteiger partial charge in [0, 0.05) is 28.1 Å². The number of phenolic OH excluding ortho intramolecular Hbond substituents is 1. The Hall–Kier alpha value is -0.490.